The lowest BCUT2D eigenvalue weighted by Gasteiger charge is -2.36. The second kappa shape index (κ2) is 10.9. The minimum absolute atomic E-state index is 0.0603. The molecule has 0 saturated carbocycles. The Morgan fingerprint density at radius 2 is 1.97 bits per heavy atom. The highest BCUT2D eigenvalue weighted by molar-refractivity contribution is 8.16. The highest BCUT2D eigenvalue weighted by Gasteiger charge is 2.42. The zero-order valence-corrected chi connectivity index (χ0v) is 20.6. The van der Waals surface area contributed by atoms with Gasteiger partial charge in [0.05, 0.1) is 29.8 Å². The minimum Gasteiger partial charge on any atom is -0.459 e. The smallest absolute Gasteiger partial charge is 0.338 e. The van der Waals surface area contributed by atoms with E-state index in [4.69, 9.17) is 4.74 Å². The van der Waals surface area contributed by atoms with Crippen LogP contribution in [0.3, 0.4) is 0 Å². The van der Waals surface area contributed by atoms with E-state index in [9.17, 15) is 9.59 Å². The van der Waals surface area contributed by atoms with Gasteiger partial charge in [-0.15, -0.1) is 0 Å². The first-order valence-electron chi connectivity index (χ1n) is 11.4. The predicted molar refractivity (Wildman–Crippen MR) is 134 cm³/mol. The van der Waals surface area contributed by atoms with Crippen molar-refractivity contribution in [3.8, 4) is 0 Å². The molecule has 2 aromatic rings. The molecule has 1 aromatic carbocycles. The molecule has 0 fully saturated rings. The molecule has 0 saturated heterocycles. The van der Waals surface area contributed by atoms with Crippen molar-refractivity contribution in [3.05, 3.63) is 88.1 Å². The van der Waals surface area contributed by atoms with Crippen LogP contribution in [-0.2, 0) is 20.7 Å². The fourth-order valence-corrected chi connectivity index (χ4v) is 4.97. The largest absolute Gasteiger partial charge is 0.459 e. The molecule has 182 valence electrons. The Bertz CT molecular complexity index is 1210. The Labute approximate surface area is 208 Å². The van der Waals surface area contributed by atoms with Crippen LogP contribution in [0, 0.1) is 5.82 Å². The fourth-order valence-electron chi connectivity index (χ4n) is 4.00. The van der Waals surface area contributed by atoms with Gasteiger partial charge in [-0.05, 0) is 44.4 Å². The van der Waals surface area contributed by atoms with Crippen molar-refractivity contribution in [1.29, 1.82) is 0 Å². The minimum atomic E-state index is -0.794. The van der Waals surface area contributed by atoms with Gasteiger partial charge in [-0.2, -0.15) is 0 Å². The van der Waals surface area contributed by atoms with E-state index in [0.29, 0.717) is 35.1 Å². The molecular weight excluding hydrogens is 467 g/mol. The Balaban J connectivity index is 1.57. The van der Waals surface area contributed by atoms with Crippen LogP contribution in [0.15, 0.2) is 76.0 Å². The van der Waals surface area contributed by atoms with E-state index in [-0.39, 0.29) is 24.0 Å². The monoisotopic (exact) mass is 494 g/mol. The molecule has 0 spiro atoms. The van der Waals surface area contributed by atoms with Crippen molar-refractivity contribution in [3.63, 3.8) is 0 Å². The molecule has 0 aliphatic carbocycles. The lowest BCUT2D eigenvalue weighted by molar-refractivity contribution is -0.143. The maximum atomic E-state index is 15.0. The summed E-state index contributed by atoms with van der Waals surface area (Å²) in [7, 11) is 0. The molecule has 1 amide bonds. The Kier molecular flexibility index (Phi) is 7.65. The van der Waals surface area contributed by atoms with Gasteiger partial charge in [-0.1, -0.05) is 36.0 Å². The van der Waals surface area contributed by atoms with Crippen LogP contribution < -0.4 is 5.32 Å². The van der Waals surface area contributed by atoms with E-state index in [1.54, 1.807) is 50.1 Å². The van der Waals surface area contributed by atoms with Gasteiger partial charge in [0.2, 0.25) is 5.91 Å². The third-order valence-electron chi connectivity index (χ3n) is 5.53. The van der Waals surface area contributed by atoms with Crippen LogP contribution >= 0.6 is 11.8 Å². The number of aromatic nitrogens is 1. The number of allylic oxidation sites excluding steroid dienone is 1. The Hall–Kier alpha value is -3.46. The first kappa shape index (κ1) is 24.7. The van der Waals surface area contributed by atoms with Crippen molar-refractivity contribution >= 4 is 28.8 Å². The number of nitrogens with one attached hydrogen (secondary N) is 1. The predicted octanol–water partition coefficient (Wildman–Crippen LogP) is 4.50. The van der Waals surface area contributed by atoms with Crippen molar-refractivity contribution in [1.82, 2.24) is 15.2 Å². The van der Waals surface area contributed by atoms with Crippen LogP contribution in [0.5, 0.6) is 0 Å². The molecule has 1 aromatic heterocycles. The van der Waals surface area contributed by atoms with Crippen LogP contribution in [0.1, 0.15) is 44.5 Å². The second-order valence-electron chi connectivity index (χ2n) is 8.47. The van der Waals surface area contributed by atoms with Crippen LogP contribution in [0.4, 0.5) is 4.39 Å². The van der Waals surface area contributed by atoms with Gasteiger partial charge in [-0.3, -0.25) is 9.78 Å². The summed E-state index contributed by atoms with van der Waals surface area (Å²) in [5.41, 5.74) is 2.58. The first-order chi connectivity index (χ1) is 16.8. The van der Waals surface area contributed by atoms with E-state index in [1.165, 1.54) is 17.8 Å². The number of carbonyl (C=O) groups is 2. The zero-order chi connectivity index (χ0) is 24.9. The molecule has 2 aliphatic rings. The molecule has 1 atom stereocenters. The van der Waals surface area contributed by atoms with Gasteiger partial charge in [0.25, 0.3) is 0 Å². The summed E-state index contributed by atoms with van der Waals surface area (Å²) < 4.78 is 20.5. The van der Waals surface area contributed by atoms with Gasteiger partial charge < -0.3 is 15.0 Å². The summed E-state index contributed by atoms with van der Waals surface area (Å²) in [4.78, 5) is 36.5. The summed E-state index contributed by atoms with van der Waals surface area (Å²) in [6.07, 6.45) is 2.05. The van der Waals surface area contributed by atoms with E-state index < -0.39 is 17.8 Å². The molecule has 4 rings (SSSR count). The molecule has 0 radical (unpaired) electrons. The Morgan fingerprint density at radius 3 is 2.69 bits per heavy atom. The van der Waals surface area contributed by atoms with Gasteiger partial charge >= 0.3 is 5.97 Å². The molecule has 0 bridgehead atoms. The SMILES string of the molecule is CC1=C(C(=O)OC(C)C)[C@H](c2ccccc2F)N2C(CC(=O)NCCc3ccccn3)=CSC2=N1. The number of amidine groups is 1. The highest BCUT2D eigenvalue weighted by Crippen LogP contribution is 2.45. The van der Waals surface area contributed by atoms with Crippen molar-refractivity contribution in [2.75, 3.05) is 6.54 Å². The number of nitrogens with zero attached hydrogens (tertiary/aromatic N) is 3. The van der Waals surface area contributed by atoms with Gasteiger partial charge in [-0.25, -0.2) is 14.2 Å². The number of thioether (sulfide) groups is 1. The number of hydrogen-bond donors (Lipinski definition) is 1. The number of esters is 1. The first-order valence-corrected chi connectivity index (χ1v) is 12.3. The number of rotatable bonds is 8. The summed E-state index contributed by atoms with van der Waals surface area (Å²) in [5.74, 6) is -1.18. The number of hydrogen-bond acceptors (Lipinski definition) is 7. The molecule has 0 unspecified atom stereocenters. The molecule has 7 nitrogen and oxygen atoms in total. The van der Waals surface area contributed by atoms with Crippen molar-refractivity contribution in [2.45, 2.75) is 45.8 Å². The summed E-state index contributed by atoms with van der Waals surface area (Å²) in [6, 6.07) is 11.2. The molecule has 35 heavy (non-hydrogen) atoms. The zero-order valence-electron chi connectivity index (χ0n) is 19.8. The van der Waals surface area contributed by atoms with Gasteiger partial charge in [0.1, 0.15) is 5.82 Å². The standard InChI is InChI=1S/C26H27FN4O3S/c1-16(2)34-25(33)23-17(3)30-26-31(24(23)20-9-4-5-10-21(20)27)19(15-35-26)14-22(32)29-13-11-18-8-6-7-12-28-18/h4-10,12,15-16,24H,11,13-14H2,1-3H3,(H,29,32)/t24-/m0/s1. The second-order valence-corrected chi connectivity index (χ2v) is 9.30. The van der Waals surface area contributed by atoms with E-state index in [1.807, 2.05) is 23.6 Å². The number of fused-ring (bicyclic) bond motifs is 1. The van der Waals surface area contributed by atoms with Crippen molar-refractivity contribution in [2.24, 2.45) is 4.99 Å². The lowest BCUT2D eigenvalue weighted by Crippen LogP contribution is -2.39. The molecule has 1 N–H and O–H groups in total. The Morgan fingerprint density at radius 1 is 1.20 bits per heavy atom. The van der Waals surface area contributed by atoms with Crippen LogP contribution in [0.25, 0.3) is 0 Å². The summed E-state index contributed by atoms with van der Waals surface area (Å²) >= 11 is 1.35. The van der Waals surface area contributed by atoms with Crippen LogP contribution in [-0.4, -0.2) is 39.6 Å². The number of benzene rings is 1. The number of amides is 1. The summed E-state index contributed by atoms with van der Waals surface area (Å²) in [5, 5.41) is 5.33. The molecule has 2 aliphatic heterocycles. The average Bonchev–Trinajstić information content (AvgIpc) is 3.20. The van der Waals surface area contributed by atoms with E-state index >= 15 is 4.39 Å². The number of ether oxygens (including phenoxy) is 1. The number of pyridine rings is 1. The fraction of sp³-hybridized carbons (Fsp3) is 0.308. The van der Waals surface area contributed by atoms with E-state index in [0.717, 1.165) is 5.69 Å². The number of halogens is 1. The number of carbonyl (C=O) groups excluding carboxylic acids is 2. The molecule has 3 heterocycles. The van der Waals surface area contributed by atoms with Crippen molar-refractivity contribution < 1.29 is 18.7 Å². The topological polar surface area (TPSA) is 83.9 Å². The van der Waals surface area contributed by atoms with Gasteiger partial charge in [0.15, 0.2) is 5.17 Å². The highest BCUT2D eigenvalue weighted by atomic mass is 32.2. The molecular formula is C26H27FN4O3S. The third kappa shape index (κ3) is 5.62. The quantitative estimate of drug-likeness (QED) is 0.544. The van der Waals surface area contributed by atoms with Crippen LogP contribution in [0.2, 0.25) is 0 Å². The average molecular weight is 495 g/mol. The molecule has 9 heteroatoms. The van der Waals surface area contributed by atoms with Gasteiger partial charge in [0, 0.05) is 36.1 Å². The summed E-state index contributed by atoms with van der Waals surface area (Å²) in [6.45, 7) is 5.68. The third-order valence-corrected chi connectivity index (χ3v) is 6.42. The van der Waals surface area contributed by atoms with E-state index in [2.05, 4.69) is 15.3 Å². The maximum Gasteiger partial charge on any atom is 0.338 e. The normalized spacial score (nSPS) is 17.2. The lowest BCUT2D eigenvalue weighted by atomic mass is 9.93. The number of aliphatic imine (C=N–C) groups is 1. The maximum absolute atomic E-state index is 15.0.